The summed E-state index contributed by atoms with van der Waals surface area (Å²) in [6.45, 7) is 0.377. The zero-order chi connectivity index (χ0) is 10.1. The molecule has 74 valence electrons. The number of rotatable bonds is 0. The number of hydrogen-bond acceptors (Lipinski definition) is 2. The maximum atomic E-state index is 13.2. The summed E-state index contributed by atoms with van der Waals surface area (Å²) in [4.78, 5) is 11.1. The van der Waals surface area contributed by atoms with Gasteiger partial charge in [0.15, 0.2) is 5.82 Å². The zero-order valence-electron chi connectivity index (χ0n) is 7.23. The lowest BCUT2D eigenvalue weighted by Gasteiger charge is -2.08. The Balaban J connectivity index is 2.50. The van der Waals surface area contributed by atoms with Crippen molar-refractivity contribution < 1.29 is 13.6 Å². The lowest BCUT2D eigenvalue weighted by molar-refractivity contribution is -0.115. The zero-order valence-corrected chi connectivity index (χ0v) is 7.23. The number of anilines is 2. The first kappa shape index (κ1) is 8.93. The summed E-state index contributed by atoms with van der Waals surface area (Å²) in [7, 11) is 0. The van der Waals surface area contributed by atoms with E-state index >= 15 is 0 Å². The van der Waals surface area contributed by atoms with Gasteiger partial charge in [0.05, 0.1) is 5.69 Å². The van der Waals surface area contributed by atoms with Gasteiger partial charge in [0.1, 0.15) is 11.5 Å². The van der Waals surface area contributed by atoms with Crippen LogP contribution in [0.15, 0.2) is 12.1 Å². The number of nitrogens with one attached hydrogen (secondary N) is 2. The Kier molecular flexibility index (Phi) is 2.07. The van der Waals surface area contributed by atoms with Gasteiger partial charge in [-0.15, -0.1) is 0 Å². The van der Waals surface area contributed by atoms with Gasteiger partial charge in [-0.25, -0.2) is 8.78 Å². The van der Waals surface area contributed by atoms with Crippen molar-refractivity contribution in [1.29, 1.82) is 0 Å². The molecule has 0 saturated carbocycles. The number of benzene rings is 1. The molecule has 0 atom stereocenters. The third-order valence-electron chi connectivity index (χ3n) is 1.99. The van der Waals surface area contributed by atoms with Gasteiger partial charge in [-0.2, -0.15) is 0 Å². The number of amides is 1. The van der Waals surface area contributed by atoms with Gasteiger partial charge in [0.2, 0.25) is 5.91 Å². The normalized spacial score (nSPS) is 15.1. The van der Waals surface area contributed by atoms with E-state index in [-0.39, 0.29) is 23.7 Å². The first-order valence-corrected chi connectivity index (χ1v) is 4.19. The molecule has 0 radical (unpaired) electrons. The van der Waals surface area contributed by atoms with E-state index in [0.717, 1.165) is 12.1 Å². The van der Waals surface area contributed by atoms with Crippen LogP contribution in [-0.2, 0) is 4.79 Å². The highest BCUT2D eigenvalue weighted by Crippen LogP contribution is 2.28. The molecule has 0 unspecified atom stereocenters. The van der Waals surface area contributed by atoms with Crippen molar-refractivity contribution in [3.8, 4) is 0 Å². The molecule has 1 heterocycles. The van der Waals surface area contributed by atoms with Crippen molar-refractivity contribution in [2.75, 3.05) is 17.2 Å². The van der Waals surface area contributed by atoms with Crippen molar-refractivity contribution in [3.05, 3.63) is 23.8 Å². The molecule has 1 aliphatic heterocycles. The summed E-state index contributed by atoms with van der Waals surface area (Å²) < 4.78 is 26.0. The van der Waals surface area contributed by atoms with Gasteiger partial charge in [0, 0.05) is 19.0 Å². The van der Waals surface area contributed by atoms with Crippen LogP contribution in [0.2, 0.25) is 0 Å². The second-order valence-electron chi connectivity index (χ2n) is 3.04. The Bertz CT molecular complexity index is 393. The summed E-state index contributed by atoms with van der Waals surface area (Å²) >= 11 is 0. The van der Waals surface area contributed by atoms with Gasteiger partial charge in [-0.1, -0.05) is 0 Å². The maximum absolute atomic E-state index is 13.2. The quantitative estimate of drug-likeness (QED) is 0.666. The number of hydrogen-bond donors (Lipinski definition) is 2. The van der Waals surface area contributed by atoms with E-state index in [1.807, 2.05) is 0 Å². The fourth-order valence-corrected chi connectivity index (χ4v) is 1.35. The molecule has 0 aliphatic carbocycles. The van der Waals surface area contributed by atoms with E-state index in [1.54, 1.807) is 0 Å². The molecule has 0 spiro atoms. The molecule has 2 rings (SSSR count). The molecule has 2 N–H and O–H groups in total. The molecule has 0 fully saturated rings. The lowest BCUT2D eigenvalue weighted by atomic mass is 10.2. The second kappa shape index (κ2) is 3.25. The maximum Gasteiger partial charge on any atom is 0.226 e. The molecule has 5 heteroatoms. The predicted octanol–water partition coefficient (Wildman–Crippen LogP) is 1.72. The molecule has 1 aliphatic rings. The molecule has 0 aromatic heterocycles. The van der Waals surface area contributed by atoms with Crippen LogP contribution < -0.4 is 10.6 Å². The van der Waals surface area contributed by atoms with E-state index in [1.165, 1.54) is 0 Å². The predicted molar refractivity (Wildman–Crippen MR) is 48.1 cm³/mol. The Morgan fingerprint density at radius 2 is 2.07 bits per heavy atom. The monoisotopic (exact) mass is 198 g/mol. The van der Waals surface area contributed by atoms with Gasteiger partial charge >= 0.3 is 0 Å². The third-order valence-corrected chi connectivity index (χ3v) is 1.99. The van der Waals surface area contributed by atoms with Crippen LogP contribution in [-0.4, -0.2) is 12.5 Å². The number of halogens is 2. The molecule has 1 amide bonds. The molecule has 14 heavy (non-hydrogen) atoms. The summed E-state index contributed by atoms with van der Waals surface area (Å²) in [5.41, 5.74) is 0.308. The van der Waals surface area contributed by atoms with Crippen molar-refractivity contribution in [1.82, 2.24) is 0 Å². The lowest BCUT2D eigenvalue weighted by Crippen LogP contribution is -2.11. The summed E-state index contributed by atoms with van der Waals surface area (Å²) in [5.74, 6) is -1.70. The topological polar surface area (TPSA) is 41.1 Å². The standard InChI is InChI=1S/C9H8F2N2O/c10-5-3-6(11)9-7(4-5)12-2-1-8(14)13-9/h3-4,12H,1-2H2,(H,13,14). The number of carbonyl (C=O) groups is 1. The minimum atomic E-state index is -0.761. The van der Waals surface area contributed by atoms with E-state index in [9.17, 15) is 13.6 Å². The van der Waals surface area contributed by atoms with E-state index < -0.39 is 11.6 Å². The molecular formula is C9H8F2N2O. The van der Waals surface area contributed by atoms with E-state index in [0.29, 0.717) is 6.54 Å². The van der Waals surface area contributed by atoms with Crippen molar-refractivity contribution in [3.63, 3.8) is 0 Å². The average Bonchev–Trinajstić information content (AvgIpc) is 2.27. The van der Waals surface area contributed by atoms with Crippen LogP contribution in [0.4, 0.5) is 20.2 Å². The molecule has 1 aromatic rings. The van der Waals surface area contributed by atoms with Crippen molar-refractivity contribution >= 4 is 17.3 Å². The first-order chi connectivity index (χ1) is 6.66. The van der Waals surface area contributed by atoms with Crippen LogP contribution in [0.1, 0.15) is 6.42 Å². The molecule has 0 bridgehead atoms. The highest BCUT2D eigenvalue weighted by molar-refractivity contribution is 5.96. The number of carbonyl (C=O) groups excluding carboxylic acids is 1. The van der Waals surface area contributed by atoms with Crippen molar-refractivity contribution in [2.45, 2.75) is 6.42 Å². The molecular weight excluding hydrogens is 190 g/mol. The first-order valence-electron chi connectivity index (χ1n) is 4.19. The van der Waals surface area contributed by atoms with E-state index in [2.05, 4.69) is 10.6 Å². The minimum Gasteiger partial charge on any atom is -0.383 e. The average molecular weight is 198 g/mol. The summed E-state index contributed by atoms with van der Waals surface area (Å²) in [6.07, 6.45) is 0.246. The minimum absolute atomic E-state index is 0.0221. The van der Waals surface area contributed by atoms with Crippen LogP contribution in [0.3, 0.4) is 0 Å². The highest BCUT2D eigenvalue weighted by Gasteiger charge is 2.16. The van der Waals surface area contributed by atoms with Crippen LogP contribution in [0, 0.1) is 11.6 Å². The van der Waals surface area contributed by atoms with Gasteiger partial charge in [-0.3, -0.25) is 4.79 Å². The van der Waals surface area contributed by atoms with Crippen LogP contribution in [0.5, 0.6) is 0 Å². The second-order valence-corrected chi connectivity index (χ2v) is 3.04. The van der Waals surface area contributed by atoms with Crippen molar-refractivity contribution in [2.24, 2.45) is 0 Å². The van der Waals surface area contributed by atoms with Gasteiger partial charge in [-0.05, 0) is 6.07 Å². The van der Waals surface area contributed by atoms with E-state index in [4.69, 9.17) is 0 Å². The molecule has 1 aromatic carbocycles. The Labute approximate surface area is 79.1 Å². The van der Waals surface area contributed by atoms with Crippen LogP contribution >= 0.6 is 0 Å². The summed E-state index contributed by atoms with van der Waals surface area (Å²) in [5, 5.41) is 5.15. The largest absolute Gasteiger partial charge is 0.383 e. The van der Waals surface area contributed by atoms with Gasteiger partial charge in [0.25, 0.3) is 0 Å². The highest BCUT2D eigenvalue weighted by atomic mass is 19.1. The number of fused-ring (bicyclic) bond motifs is 1. The fourth-order valence-electron chi connectivity index (χ4n) is 1.35. The Morgan fingerprint density at radius 1 is 1.29 bits per heavy atom. The Morgan fingerprint density at radius 3 is 2.86 bits per heavy atom. The van der Waals surface area contributed by atoms with Gasteiger partial charge < -0.3 is 10.6 Å². The fraction of sp³-hybridized carbons (Fsp3) is 0.222. The SMILES string of the molecule is O=C1CCNc2cc(F)cc(F)c2N1. The summed E-state index contributed by atoms with van der Waals surface area (Å²) in [6, 6.07) is 1.90. The smallest absolute Gasteiger partial charge is 0.226 e. The molecule has 0 saturated heterocycles. The van der Waals surface area contributed by atoms with Crippen LogP contribution in [0.25, 0.3) is 0 Å². The molecule has 3 nitrogen and oxygen atoms in total. The Hall–Kier alpha value is -1.65. The third kappa shape index (κ3) is 1.53.